The van der Waals surface area contributed by atoms with Crippen LogP contribution in [0.25, 0.3) is 0 Å². The molecule has 0 aliphatic carbocycles. The number of aromatic nitrogens is 1. The Labute approximate surface area is 133 Å². The molecule has 1 fully saturated rings. The first-order valence-electron chi connectivity index (χ1n) is 8.20. The van der Waals surface area contributed by atoms with Crippen molar-refractivity contribution in [3.63, 3.8) is 0 Å². The first-order chi connectivity index (χ1) is 10.7. The van der Waals surface area contributed by atoms with Crippen molar-refractivity contribution in [3.8, 4) is 0 Å². The Morgan fingerprint density at radius 2 is 1.91 bits per heavy atom. The minimum atomic E-state index is 0.365. The topological polar surface area (TPSA) is 28.2 Å². The average Bonchev–Trinajstić information content (AvgIpc) is 2.57. The van der Waals surface area contributed by atoms with E-state index < -0.39 is 0 Å². The monoisotopic (exact) mass is 295 g/mol. The van der Waals surface area contributed by atoms with Crippen molar-refractivity contribution in [1.82, 2.24) is 10.3 Å². The molecule has 1 aliphatic rings. The van der Waals surface area contributed by atoms with Crippen molar-refractivity contribution >= 4 is 5.69 Å². The summed E-state index contributed by atoms with van der Waals surface area (Å²) in [5, 5.41) is 3.76. The fraction of sp³-hybridized carbons (Fsp3) is 0.421. The number of pyridine rings is 1. The zero-order valence-electron chi connectivity index (χ0n) is 13.5. The summed E-state index contributed by atoms with van der Waals surface area (Å²) in [5.41, 5.74) is 4.03. The second kappa shape index (κ2) is 6.93. The van der Waals surface area contributed by atoms with E-state index >= 15 is 0 Å². The Morgan fingerprint density at radius 3 is 2.59 bits per heavy atom. The molecule has 3 heteroatoms. The summed E-state index contributed by atoms with van der Waals surface area (Å²) in [6.07, 6.45) is 6.18. The van der Waals surface area contributed by atoms with Crippen molar-refractivity contribution in [2.75, 3.05) is 18.0 Å². The van der Waals surface area contributed by atoms with Gasteiger partial charge in [0, 0.05) is 43.3 Å². The molecule has 0 bridgehead atoms. The molecule has 0 radical (unpaired) electrons. The molecule has 3 nitrogen and oxygen atoms in total. The van der Waals surface area contributed by atoms with Crippen LogP contribution in [0.4, 0.5) is 5.69 Å². The van der Waals surface area contributed by atoms with Crippen molar-refractivity contribution in [2.45, 2.75) is 38.8 Å². The summed E-state index contributed by atoms with van der Waals surface area (Å²) in [6, 6.07) is 13.8. The Morgan fingerprint density at radius 1 is 1.14 bits per heavy atom. The molecule has 3 rings (SSSR count). The number of piperidine rings is 1. The number of benzene rings is 1. The maximum absolute atomic E-state index is 4.21. The van der Waals surface area contributed by atoms with E-state index in [2.05, 4.69) is 59.4 Å². The molecular formula is C19H25N3. The Hall–Kier alpha value is -1.87. The number of para-hydroxylation sites is 1. The van der Waals surface area contributed by atoms with Gasteiger partial charge >= 0.3 is 0 Å². The number of nitrogens with one attached hydrogen (secondary N) is 1. The number of anilines is 1. The van der Waals surface area contributed by atoms with Crippen LogP contribution in [-0.4, -0.2) is 24.1 Å². The third-order valence-electron chi connectivity index (χ3n) is 4.62. The summed E-state index contributed by atoms with van der Waals surface area (Å²) in [5.74, 6) is 0. The van der Waals surface area contributed by atoms with Crippen molar-refractivity contribution < 1.29 is 0 Å². The fourth-order valence-corrected chi connectivity index (χ4v) is 3.29. The van der Waals surface area contributed by atoms with Gasteiger partial charge in [-0.15, -0.1) is 0 Å². The van der Waals surface area contributed by atoms with Gasteiger partial charge < -0.3 is 10.2 Å². The molecule has 1 atom stereocenters. The number of aryl methyl sites for hydroxylation is 1. The highest BCUT2D eigenvalue weighted by Gasteiger charge is 2.21. The van der Waals surface area contributed by atoms with Crippen molar-refractivity contribution in [3.05, 3.63) is 59.9 Å². The number of rotatable bonds is 4. The maximum Gasteiger partial charge on any atom is 0.0395 e. The van der Waals surface area contributed by atoms with E-state index in [0.717, 1.165) is 13.1 Å². The molecule has 1 N–H and O–H groups in total. The second-order valence-corrected chi connectivity index (χ2v) is 6.22. The van der Waals surface area contributed by atoms with E-state index in [-0.39, 0.29) is 0 Å². The second-order valence-electron chi connectivity index (χ2n) is 6.22. The molecule has 2 heterocycles. The molecule has 0 amide bonds. The highest BCUT2D eigenvalue weighted by Crippen LogP contribution is 2.24. The van der Waals surface area contributed by atoms with Gasteiger partial charge in [0.15, 0.2) is 0 Å². The minimum absolute atomic E-state index is 0.365. The van der Waals surface area contributed by atoms with Crippen molar-refractivity contribution in [1.29, 1.82) is 0 Å². The Kier molecular flexibility index (Phi) is 4.74. The highest BCUT2D eigenvalue weighted by atomic mass is 15.2. The predicted octanol–water partition coefficient (Wildman–Crippen LogP) is 3.71. The van der Waals surface area contributed by atoms with Gasteiger partial charge in [-0.25, -0.2) is 0 Å². The number of nitrogens with zero attached hydrogens (tertiary/aromatic N) is 2. The third kappa shape index (κ3) is 3.47. The van der Waals surface area contributed by atoms with Crippen LogP contribution < -0.4 is 10.2 Å². The van der Waals surface area contributed by atoms with E-state index in [4.69, 9.17) is 0 Å². The number of hydrogen-bond donors (Lipinski definition) is 1. The largest absolute Gasteiger partial charge is 0.371 e. The van der Waals surface area contributed by atoms with Crippen molar-refractivity contribution in [2.24, 2.45) is 0 Å². The lowest BCUT2D eigenvalue weighted by Gasteiger charge is -2.36. The first-order valence-corrected chi connectivity index (χ1v) is 8.20. The minimum Gasteiger partial charge on any atom is -0.371 e. The molecular weight excluding hydrogens is 270 g/mol. The van der Waals surface area contributed by atoms with Gasteiger partial charge in [0.1, 0.15) is 0 Å². The van der Waals surface area contributed by atoms with Gasteiger partial charge in [0.25, 0.3) is 0 Å². The molecule has 1 saturated heterocycles. The summed E-state index contributed by atoms with van der Waals surface area (Å²) in [6.45, 7) is 6.68. The Bertz CT molecular complexity index is 589. The molecule has 0 spiro atoms. The predicted molar refractivity (Wildman–Crippen MR) is 92.2 cm³/mol. The standard InChI is InChI=1S/C19H25N3/c1-15-6-3-4-8-19(15)22-12-9-18(10-13-22)21-16(2)17-7-5-11-20-14-17/h3-8,11,14,16,18,21H,9-10,12-13H2,1-2H3. The van der Waals surface area contributed by atoms with E-state index in [1.54, 1.807) is 0 Å². The van der Waals surface area contributed by atoms with Crippen LogP contribution in [0.15, 0.2) is 48.8 Å². The molecule has 0 saturated carbocycles. The van der Waals surface area contributed by atoms with Crippen LogP contribution in [0, 0.1) is 6.92 Å². The lowest BCUT2D eigenvalue weighted by molar-refractivity contribution is 0.380. The van der Waals surface area contributed by atoms with Gasteiger partial charge in [-0.3, -0.25) is 4.98 Å². The molecule has 2 aromatic rings. The smallest absolute Gasteiger partial charge is 0.0395 e. The normalized spacial score (nSPS) is 17.5. The van der Waals surface area contributed by atoms with E-state index in [1.165, 1.54) is 29.7 Å². The molecule has 1 aromatic carbocycles. The van der Waals surface area contributed by atoms with E-state index in [9.17, 15) is 0 Å². The maximum atomic E-state index is 4.21. The molecule has 1 unspecified atom stereocenters. The van der Waals surface area contributed by atoms with Crippen LogP contribution in [0.5, 0.6) is 0 Å². The zero-order chi connectivity index (χ0) is 15.4. The van der Waals surface area contributed by atoms with Gasteiger partial charge in [0.2, 0.25) is 0 Å². The van der Waals surface area contributed by atoms with Gasteiger partial charge in [-0.1, -0.05) is 24.3 Å². The summed E-state index contributed by atoms with van der Waals surface area (Å²) in [4.78, 5) is 6.73. The summed E-state index contributed by atoms with van der Waals surface area (Å²) >= 11 is 0. The SMILES string of the molecule is Cc1ccccc1N1CCC(NC(C)c2cccnc2)CC1. The average molecular weight is 295 g/mol. The molecule has 1 aliphatic heterocycles. The van der Waals surface area contributed by atoms with Crippen LogP contribution in [-0.2, 0) is 0 Å². The van der Waals surface area contributed by atoms with E-state index in [0.29, 0.717) is 12.1 Å². The van der Waals surface area contributed by atoms with Crippen LogP contribution >= 0.6 is 0 Å². The third-order valence-corrected chi connectivity index (χ3v) is 4.62. The highest BCUT2D eigenvalue weighted by molar-refractivity contribution is 5.53. The molecule has 116 valence electrons. The van der Waals surface area contributed by atoms with Gasteiger partial charge in [-0.05, 0) is 49.9 Å². The van der Waals surface area contributed by atoms with Crippen LogP contribution in [0.3, 0.4) is 0 Å². The molecule has 1 aromatic heterocycles. The quantitative estimate of drug-likeness (QED) is 0.932. The van der Waals surface area contributed by atoms with Crippen LogP contribution in [0.1, 0.15) is 36.9 Å². The Balaban J connectivity index is 1.55. The van der Waals surface area contributed by atoms with Gasteiger partial charge in [0.05, 0.1) is 0 Å². The van der Waals surface area contributed by atoms with Crippen LogP contribution in [0.2, 0.25) is 0 Å². The van der Waals surface area contributed by atoms with E-state index in [1.807, 2.05) is 18.5 Å². The zero-order valence-corrected chi connectivity index (χ0v) is 13.5. The fourth-order valence-electron chi connectivity index (χ4n) is 3.29. The molecule has 22 heavy (non-hydrogen) atoms. The summed E-state index contributed by atoms with van der Waals surface area (Å²) < 4.78 is 0. The van der Waals surface area contributed by atoms with Gasteiger partial charge in [-0.2, -0.15) is 0 Å². The summed E-state index contributed by atoms with van der Waals surface area (Å²) in [7, 11) is 0. The lowest BCUT2D eigenvalue weighted by atomic mass is 10.0. The first kappa shape index (κ1) is 15.0. The number of hydrogen-bond acceptors (Lipinski definition) is 3. The lowest BCUT2D eigenvalue weighted by Crippen LogP contribution is -2.43.